The Morgan fingerprint density at radius 2 is 2.00 bits per heavy atom. The molecule has 102 valence electrons. The van der Waals surface area contributed by atoms with Gasteiger partial charge in [0.1, 0.15) is 5.82 Å². The maximum absolute atomic E-state index is 4.63. The molecular formula is C13H20N6. The van der Waals surface area contributed by atoms with Gasteiger partial charge >= 0.3 is 0 Å². The summed E-state index contributed by atoms with van der Waals surface area (Å²) in [4.78, 5) is 11.4. The standard InChI is InChI=1S/C13H20N6/c1-8-4-9(2)7-19(6-8)12-10-5-15-18-11(10)16-13(14-3)17-12/h5,8-9H,4,6-7H2,1-3H3,(H2,14,15,16,17,18). The highest BCUT2D eigenvalue weighted by Crippen LogP contribution is 2.29. The first-order valence-electron chi connectivity index (χ1n) is 6.81. The molecule has 2 atom stereocenters. The molecule has 1 aliphatic heterocycles. The third-order valence-electron chi connectivity index (χ3n) is 3.68. The first kappa shape index (κ1) is 12.2. The van der Waals surface area contributed by atoms with Crippen LogP contribution in [0.4, 0.5) is 11.8 Å². The fourth-order valence-electron chi connectivity index (χ4n) is 3.01. The van der Waals surface area contributed by atoms with E-state index < -0.39 is 0 Å². The van der Waals surface area contributed by atoms with Gasteiger partial charge in [0.05, 0.1) is 11.6 Å². The summed E-state index contributed by atoms with van der Waals surface area (Å²) < 4.78 is 0. The number of rotatable bonds is 2. The number of aromatic amines is 1. The van der Waals surface area contributed by atoms with Crippen LogP contribution in [0.15, 0.2) is 6.20 Å². The summed E-state index contributed by atoms with van der Waals surface area (Å²) in [5, 5.41) is 11.0. The molecule has 0 radical (unpaired) electrons. The molecule has 0 saturated carbocycles. The summed E-state index contributed by atoms with van der Waals surface area (Å²) in [5.41, 5.74) is 0.792. The lowest BCUT2D eigenvalue weighted by atomic mass is 9.92. The van der Waals surface area contributed by atoms with Crippen molar-refractivity contribution in [1.82, 2.24) is 20.2 Å². The molecule has 3 heterocycles. The van der Waals surface area contributed by atoms with Crippen molar-refractivity contribution >= 4 is 22.8 Å². The lowest BCUT2D eigenvalue weighted by Gasteiger charge is -2.36. The Kier molecular flexibility index (Phi) is 3.00. The number of H-pyrrole nitrogens is 1. The van der Waals surface area contributed by atoms with E-state index in [1.54, 1.807) is 0 Å². The first-order chi connectivity index (χ1) is 9.17. The lowest BCUT2D eigenvalue weighted by Crippen LogP contribution is -2.39. The van der Waals surface area contributed by atoms with E-state index in [-0.39, 0.29) is 0 Å². The van der Waals surface area contributed by atoms with Crippen molar-refractivity contribution in [3.63, 3.8) is 0 Å². The van der Waals surface area contributed by atoms with Crippen LogP contribution in [0.1, 0.15) is 20.3 Å². The Morgan fingerprint density at radius 1 is 1.26 bits per heavy atom. The van der Waals surface area contributed by atoms with E-state index >= 15 is 0 Å². The molecule has 0 aromatic carbocycles. The Balaban J connectivity index is 2.05. The van der Waals surface area contributed by atoms with Crippen LogP contribution in [0, 0.1) is 11.8 Å². The smallest absolute Gasteiger partial charge is 0.226 e. The summed E-state index contributed by atoms with van der Waals surface area (Å²) in [6.07, 6.45) is 3.10. The predicted molar refractivity (Wildman–Crippen MR) is 76.4 cm³/mol. The molecule has 1 aliphatic rings. The Labute approximate surface area is 112 Å². The van der Waals surface area contributed by atoms with E-state index in [0.29, 0.717) is 17.8 Å². The molecule has 19 heavy (non-hydrogen) atoms. The minimum Gasteiger partial charge on any atom is -0.357 e. The summed E-state index contributed by atoms with van der Waals surface area (Å²) in [5.74, 6) is 3.01. The minimum absolute atomic E-state index is 0.637. The summed E-state index contributed by atoms with van der Waals surface area (Å²) in [6, 6.07) is 0. The number of hydrogen-bond acceptors (Lipinski definition) is 5. The van der Waals surface area contributed by atoms with Crippen molar-refractivity contribution < 1.29 is 0 Å². The number of anilines is 2. The Bertz CT molecular complexity index is 568. The summed E-state index contributed by atoms with van der Waals surface area (Å²) in [6.45, 7) is 6.69. The van der Waals surface area contributed by atoms with Gasteiger partial charge in [0.15, 0.2) is 5.65 Å². The molecule has 2 aromatic rings. The van der Waals surface area contributed by atoms with Gasteiger partial charge in [0.2, 0.25) is 5.95 Å². The summed E-state index contributed by atoms with van der Waals surface area (Å²) in [7, 11) is 1.84. The third kappa shape index (κ3) is 2.22. The van der Waals surface area contributed by atoms with E-state index in [0.717, 1.165) is 29.9 Å². The van der Waals surface area contributed by atoms with Gasteiger partial charge in [-0.3, -0.25) is 5.10 Å². The predicted octanol–water partition coefficient (Wildman–Crippen LogP) is 1.88. The van der Waals surface area contributed by atoms with Crippen LogP contribution in [0.5, 0.6) is 0 Å². The molecule has 2 aromatic heterocycles. The minimum atomic E-state index is 0.637. The van der Waals surface area contributed by atoms with Gasteiger partial charge in [-0.05, 0) is 18.3 Å². The zero-order chi connectivity index (χ0) is 13.4. The number of hydrogen-bond donors (Lipinski definition) is 2. The highest BCUT2D eigenvalue weighted by atomic mass is 15.3. The van der Waals surface area contributed by atoms with Crippen LogP contribution in [-0.2, 0) is 0 Å². The van der Waals surface area contributed by atoms with Crippen molar-refractivity contribution in [3.8, 4) is 0 Å². The molecule has 1 saturated heterocycles. The van der Waals surface area contributed by atoms with Gasteiger partial charge in [-0.1, -0.05) is 13.8 Å². The first-order valence-corrected chi connectivity index (χ1v) is 6.81. The number of nitrogens with one attached hydrogen (secondary N) is 2. The molecular weight excluding hydrogens is 240 g/mol. The van der Waals surface area contributed by atoms with E-state index in [9.17, 15) is 0 Å². The molecule has 2 N–H and O–H groups in total. The molecule has 0 amide bonds. The van der Waals surface area contributed by atoms with Crippen LogP contribution in [0.25, 0.3) is 11.0 Å². The molecule has 3 rings (SSSR count). The molecule has 0 spiro atoms. The fraction of sp³-hybridized carbons (Fsp3) is 0.615. The second kappa shape index (κ2) is 4.68. The topological polar surface area (TPSA) is 69.7 Å². The van der Waals surface area contributed by atoms with Gasteiger partial charge < -0.3 is 10.2 Å². The van der Waals surface area contributed by atoms with Crippen LogP contribution >= 0.6 is 0 Å². The highest BCUT2D eigenvalue weighted by Gasteiger charge is 2.25. The van der Waals surface area contributed by atoms with Crippen molar-refractivity contribution in [2.75, 3.05) is 30.4 Å². The van der Waals surface area contributed by atoms with Gasteiger partial charge in [0, 0.05) is 20.1 Å². The average molecular weight is 260 g/mol. The Morgan fingerprint density at radius 3 is 2.68 bits per heavy atom. The molecule has 6 nitrogen and oxygen atoms in total. The van der Waals surface area contributed by atoms with Gasteiger partial charge in [-0.25, -0.2) is 0 Å². The number of aromatic nitrogens is 4. The normalized spacial score (nSPS) is 23.8. The number of fused-ring (bicyclic) bond motifs is 1. The SMILES string of the molecule is CNc1nc(N2CC(C)CC(C)C2)c2cn[nH]c2n1. The maximum atomic E-state index is 4.63. The van der Waals surface area contributed by atoms with E-state index in [1.807, 2.05) is 13.2 Å². The van der Waals surface area contributed by atoms with Crippen LogP contribution in [0.2, 0.25) is 0 Å². The van der Waals surface area contributed by atoms with Crippen molar-refractivity contribution in [2.24, 2.45) is 11.8 Å². The number of piperidine rings is 1. The third-order valence-corrected chi connectivity index (χ3v) is 3.68. The largest absolute Gasteiger partial charge is 0.357 e. The van der Waals surface area contributed by atoms with Crippen molar-refractivity contribution in [1.29, 1.82) is 0 Å². The van der Waals surface area contributed by atoms with E-state index in [2.05, 4.69) is 44.2 Å². The molecule has 2 unspecified atom stereocenters. The second-order valence-electron chi connectivity index (χ2n) is 5.60. The second-order valence-corrected chi connectivity index (χ2v) is 5.60. The molecule has 0 aliphatic carbocycles. The van der Waals surface area contributed by atoms with Crippen LogP contribution in [-0.4, -0.2) is 40.3 Å². The summed E-state index contributed by atoms with van der Waals surface area (Å²) >= 11 is 0. The van der Waals surface area contributed by atoms with Crippen molar-refractivity contribution in [2.45, 2.75) is 20.3 Å². The fourth-order valence-corrected chi connectivity index (χ4v) is 3.01. The zero-order valence-corrected chi connectivity index (χ0v) is 11.6. The number of nitrogens with zero attached hydrogens (tertiary/aromatic N) is 4. The van der Waals surface area contributed by atoms with Gasteiger partial charge in [-0.2, -0.15) is 15.1 Å². The Hall–Kier alpha value is -1.85. The van der Waals surface area contributed by atoms with Crippen LogP contribution in [0.3, 0.4) is 0 Å². The van der Waals surface area contributed by atoms with E-state index in [1.165, 1.54) is 6.42 Å². The van der Waals surface area contributed by atoms with Crippen LogP contribution < -0.4 is 10.2 Å². The van der Waals surface area contributed by atoms with Crippen molar-refractivity contribution in [3.05, 3.63) is 6.20 Å². The van der Waals surface area contributed by atoms with Gasteiger partial charge in [0.25, 0.3) is 0 Å². The quantitative estimate of drug-likeness (QED) is 0.862. The molecule has 6 heteroatoms. The molecule has 1 fully saturated rings. The average Bonchev–Trinajstić information content (AvgIpc) is 2.84. The maximum Gasteiger partial charge on any atom is 0.226 e. The van der Waals surface area contributed by atoms with Gasteiger partial charge in [-0.15, -0.1) is 0 Å². The lowest BCUT2D eigenvalue weighted by molar-refractivity contribution is 0.356. The zero-order valence-electron chi connectivity index (χ0n) is 11.6. The highest BCUT2D eigenvalue weighted by molar-refractivity contribution is 5.87. The molecule has 0 bridgehead atoms. The monoisotopic (exact) mass is 260 g/mol. The van der Waals surface area contributed by atoms with E-state index in [4.69, 9.17) is 0 Å².